The summed E-state index contributed by atoms with van der Waals surface area (Å²) in [4.78, 5) is 34.6. The molecule has 1 amide bonds. The van der Waals surface area contributed by atoms with E-state index in [9.17, 15) is 19.8 Å². The van der Waals surface area contributed by atoms with Crippen molar-refractivity contribution < 1.29 is 29.3 Å². The van der Waals surface area contributed by atoms with Crippen molar-refractivity contribution in [2.24, 2.45) is 5.92 Å². The summed E-state index contributed by atoms with van der Waals surface area (Å²) in [7, 11) is 0. The summed E-state index contributed by atoms with van der Waals surface area (Å²) < 4.78 is 11.9. The molecule has 3 aliphatic rings. The van der Waals surface area contributed by atoms with Crippen LogP contribution in [0.4, 0.5) is 4.79 Å². The number of ether oxygens (including phenoxy) is 2. The molecule has 9 heteroatoms. The number of aliphatic hydroxyl groups excluding tert-OH is 1. The second-order valence-corrected chi connectivity index (χ2v) is 13.7. The number of amides is 1. The maximum Gasteiger partial charge on any atom is 0.410 e. The molecule has 6 atom stereocenters. The van der Waals surface area contributed by atoms with Crippen LogP contribution in [0.5, 0.6) is 0 Å². The van der Waals surface area contributed by atoms with Gasteiger partial charge in [-0.3, -0.25) is 14.7 Å². The summed E-state index contributed by atoms with van der Waals surface area (Å²) in [6, 6.07) is 4.56. The van der Waals surface area contributed by atoms with Gasteiger partial charge in [-0.05, 0) is 74.8 Å². The van der Waals surface area contributed by atoms with Crippen LogP contribution in [-0.4, -0.2) is 93.2 Å². The van der Waals surface area contributed by atoms with Crippen molar-refractivity contribution in [3.8, 4) is 0 Å². The molecule has 254 valence electrons. The van der Waals surface area contributed by atoms with Crippen molar-refractivity contribution in [3.05, 3.63) is 66.0 Å². The first-order chi connectivity index (χ1) is 22.0. The molecule has 1 aliphatic carbocycles. The summed E-state index contributed by atoms with van der Waals surface area (Å²) in [6.45, 7) is 10.4. The molecular formula is C37H55N3O6. The number of hydrogen-bond acceptors (Lipinski definition) is 8. The maximum atomic E-state index is 13.4. The minimum absolute atomic E-state index is 0.149. The predicted octanol–water partition coefficient (Wildman–Crippen LogP) is 5.93. The van der Waals surface area contributed by atoms with Gasteiger partial charge in [0.15, 0.2) is 6.10 Å². The molecule has 2 N–H and O–H groups in total. The Labute approximate surface area is 275 Å². The van der Waals surface area contributed by atoms with Crippen LogP contribution in [0.25, 0.3) is 0 Å². The highest BCUT2D eigenvalue weighted by Crippen LogP contribution is 2.28. The monoisotopic (exact) mass is 637 g/mol. The first-order valence-electron chi connectivity index (χ1n) is 17.3. The van der Waals surface area contributed by atoms with Gasteiger partial charge < -0.3 is 24.6 Å². The van der Waals surface area contributed by atoms with Crippen LogP contribution in [-0.2, 0) is 14.3 Å². The summed E-state index contributed by atoms with van der Waals surface area (Å²) >= 11 is 0. The number of rotatable bonds is 6. The highest BCUT2D eigenvalue weighted by Gasteiger charge is 2.37. The fraction of sp³-hybridized carbons (Fsp3) is 0.649. The average Bonchev–Trinajstić information content (AvgIpc) is 3.34. The van der Waals surface area contributed by atoms with E-state index in [0.29, 0.717) is 19.1 Å². The zero-order chi connectivity index (χ0) is 33.1. The lowest BCUT2D eigenvalue weighted by atomic mass is 9.88. The van der Waals surface area contributed by atoms with Crippen LogP contribution < -0.4 is 0 Å². The van der Waals surface area contributed by atoms with Gasteiger partial charge in [0.2, 0.25) is 0 Å². The van der Waals surface area contributed by atoms with E-state index >= 15 is 0 Å². The van der Waals surface area contributed by atoms with Crippen LogP contribution in [0.2, 0.25) is 0 Å². The second-order valence-electron chi connectivity index (χ2n) is 13.7. The van der Waals surface area contributed by atoms with Crippen molar-refractivity contribution in [3.63, 3.8) is 0 Å². The molecule has 0 aromatic carbocycles. The number of hydrogen-bond donors (Lipinski definition) is 2. The molecule has 3 heterocycles. The number of nitrogens with zero attached hydrogens (tertiary/aromatic N) is 3. The first-order valence-corrected chi connectivity index (χ1v) is 17.3. The van der Waals surface area contributed by atoms with Crippen molar-refractivity contribution in [2.75, 3.05) is 26.2 Å². The fourth-order valence-corrected chi connectivity index (χ4v) is 6.77. The third-order valence-electron chi connectivity index (χ3n) is 9.91. The highest BCUT2D eigenvalue weighted by atomic mass is 16.6. The van der Waals surface area contributed by atoms with E-state index < -0.39 is 36.0 Å². The Balaban J connectivity index is 1.45. The van der Waals surface area contributed by atoms with Gasteiger partial charge in [0.25, 0.3) is 0 Å². The number of aliphatic hydroxyl groups is 2. The molecule has 2 fully saturated rings. The fourth-order valence-electron chi connectivity index (χ4n) is 6.77. The molecule has 1 aromatic heterocycles. The Kier molecular flexibility index (Phi) is 13.4. The number of carbonyl (C=O) groups is 2. The van der Waals surface area contributed by atoms with Crippen LogP contribution in [0, 0.1) is 5.92 Å². The molecule has 1 aromatic rings. The largest absolute Gasteiger partial charge is 0.457 e. The number of esters is 1. The Hall–Kier alpha value is -3.01. The van der Waals surface area contributed by atoms with E-state index in [1.54, 1.807) is 30.3 Å². The van der Waals surface area contributed by atoms with Crippen LogP contribution in [0.1, 0.15) is 97.0 Å². The molecule has 46 heavy (non-hydrogen) atoms. The van der Waals surface area contributed by atoms with Crippen molar-refractivity contribution >= 4 is 12.1 Å². The van der Waals surface area contributed by atoms with Crippen molar-refractivity contribution in [1.29, 1.82) is 0 Å². The third-order valence-corrected chi connectivity index (χ3v) is 9.91. The minimum atomic E-state index is -1.44. The molecule has 0 bridgehead atoms. The van der Waals surface area contributed by atoms with Gasteiger partial charge in [-0.25, -0.2) is 4.79 Å². The zero-order valence-electron chi connectivity index (χ0n) is 28.2. The van der Waals surface area contributed by atoms with Crippen LogP contribution in [0.15, 0.2) is 60.5 Å². The number of piperazine rings is 1. The Morgan fingerprint density at radius 1 is 1.09 bits per heavy atom. The number of pyridine rings is 1. The minimum Gasteiger partial charge on any atom is -0.457 e. The molecule has 0 radical (unpaired) electrons. The lowest BCUT2D eigenvalue weighted by Gasteiger charge is -2.40. The Morgan fingerprint density at radius 3 is 2.43 bits per heavy atom. The Bertz CT molecular complexity index is 1200. The van der Waals surface area contributed by atoms with Gasteiger partial charge in [0.1, 0.15) is 11.7 Å². The van der Waals surface area contributed by atoms with Gasteiger partial charge in [-0.1, -0.05) is 63.8 Å². The molecule has 1 unspecified atom stereocenters. The number of aromatic nitrogens is 1. The normalized spacial score (nSPS) is 31.3. The number of carbonyl (C=O) groups excluding carboxylic acids is 2. The third kappa shape index (κ3) is 10.5. The standard InChI is InChI=1S/C37H55N3O6/c1-27(30-17-20-38-21-18-30)10-9-11-28(2)35-29(3)14-15-33(37(4,44)19-16-32(41)26-34(42)46-35)45-36(43)40-24-22-39(23-25-40)31-12-7-5-6-8-13-31/h9-11,14-15,17-18,20-21,27,29,31-33,35,41,44H,5-8,12-13,16,19,22-26H2,1-4H3/b10-9+,15-14-,28-11+/t27?,29-,32+,33-,35+,37+/m0/s1. The van der Waals surface area contributed by atoms with Gasteiger partial charge in [0.05, 0.1) is 12.5 Å². The van der Waals surface area contributed by atoms with Crippen LogP contribution in [0.3, 0.4) is 0 Å². The molecule has 4 rings (SSSR count). The maximum absolute atomic E-state index is 13.4. The summed E-state index contributed by atoms with van der Waals surface area (Å²) in [5.74, 6) is -0.607. The first kappa shape index (κ1) is 35.8. The van der Waals surface area contributed by atoms with Crippen LogP contribution >= 0.6 is 0 Å². The summed E-state index contributed by atoms with van der Waals surface area (Å²) in [5.41, 5.74) is 0.543. The van der Waals surface area contributed by atoms with Gasteiger partial charge in [0, 0.05) is 50.5 Å². The summed E-state index contributed by atoms with van der Waals surface area (Å²) in [5, 5.41) is 22.1. The molecule has 1 saturated carbocycles. The van der Waals surface area contributed by atoms with Gasteiger partial charge in [-0.15, -0.1) is 0 Å². The zero-order valence-corrected chi connectivity index (χ0v) is 28.2. The van der Waals surface area contributed by atoms with Gasteiger partial charge in [-0.2, -0.15) is 0 Å². The van der Waals surface area contributed by atoms with E-state index in [-0.39, 0.29) is 31.1 Å². The van der Waals surface area contributed by atoms with E-state index in [4.69, 9.17) is 9.47 Å². The molecular weight excluding hydrogens is 582 g/mol. The lowest BCUT2D eigenvalue weighted by Crippen LogP contribution is -2.53. The van der Waals surface area contributed by atoms with E-state index in [2.05, 4.69) is 22.9 Å². The van der Waals surface area contributed by atoms with E-state index in [1.165, 1.54) is 38.5 Å². The quantitative estimate of drug-likeness (QED) is 0.171. The predicted molar refractivity (Wildman–Crippen MR) is 179 cm³/mol. The van der Waals surface area contributed by atoms with Gasteiger partial charge >= 0.3 is 12.1 Å². The SMILES string of the molecule is C/C(=C\C=C\C(C)c1ccncc1)[C@H]1OC(=O)C[C@H](O)CC[C@@](C)(O)[C@@H](OC(=O)N2CCN(C3CCCCCC3)CC2)/C=C\[C@@H]1C. The van der Waals surface area contributed by atoms with E-state index in [0.717, 1.165) is 24.2 Å². The topological polar surface area (TPSA) is 112 Å². The lowest BCUT2D eigenvalue weighted by molar-refractivity contribution is -0.151. The molecule has 2 aliphatic heterocycles. The summed E-state index contributed by atoms with van der Waals surface area (Å²) in [6.07, 6.45) is 17.9. The van der Waals surface area contributed by atoms with Crippen molar-refractivity contribution in [1.82, 2.24) is 14.8 Å². The highest BCUT2D eigenvalue weighted by molar-refractivity contribution is 5.70. The van der Waals surface area contributed by atoms with Crippen molar-refractivity contribution in [2.45, 2.75) is 121 Å². The number of cyclic esters (lactones) is 1. The molecule has 0 spiro atoms. The van der Waals surface area contributed by atoms with E-state index in [1.807, 2.05) is 44.2 Å². The molecule has 9 nitrogen and oxygen atoms in total. The smallest absolute Gasteiger partial charge is 0.410 e. The Morgan fingerprint density at radius 2 is 1.76 bits per heavy atom. The number of allylic oxidation sites excluding steroid dienone is 3. The second kappa shape index (κ2) is 17.2. The average molecular weight is 638 g/mol. The molecule has 1 saturated heterocycles.